The van der Waals surface area contributed by atoms with Crippen LogP contribution in [0.15, 0.2) is 0 Å². The largest absolute Gasteiger partial charge is 0.344 e. The Labute approximate surface area is 307 Å². The molecule has 0 aromatic carbocycles. The summed E-state index contributed by atoms with van der Waals surface area (Å²) in [6.45, 7) is 12.2. The number of nitrogens with zero attached hydrogens (tertiary/aromatic N) is 4. The second kappa shape index (κ2) is 28.3. The molecule has 0 N–H and O–H groups in total. The zero-order valence-electron chi connectivity index (χ0n) is 29.4. The number of piperidine rings is 2. The number of hydrogen-bond donors (Lipinski definition) is 0. The number of rotatable bonds is 23. The molecule has 2 saturated heterocycles. The van der Waals surface area contributed by atoms with E-state index < -0.39 is 0 Å². The van der Waals surface area contributed by atoms with Crippen LogP contribution in [-0.2, 0) is 9.59 Å². The lowest BCUT2D eigenvalue weighted by Crippen LogP contribution is -2.47. The van der Waals surface area contributed by atoms with Gasteiger partial charge >= 0.3 is 0 Å². The van der Waals surface area contributed by atoms with E-state index in [1.165, 1.54) is 103 Å². The van der Waals surface area contributed by atoms with Crippen LogP contribution in [0.2, 0.25) is 0 Å². The van der Waals surface area contributed by atoms with Crippen molar-refractivity contribution in [2.45, 2.75) is 142 Å². The Morgan fingerprint density at radius 1 is 0.545 bits per heavy atom. The Morgan fingerprint density at radius 2 is 0.864 bits per heavy atom. The molecule has 0 aromatic heterocycles. The molecule has 262 valence electrons. The summed E-state index contributed by atoms with van der Waals surface area (Å²) in [5.41, 5.74) is 0. The summed E-state index contributed by atoms with van der Waals surface area (Å²) in [6.07, 6.45) is 25.8. The van der Waals surface area contributed by atoms with E-state index in [0.717, 1.165) is 65.0 Å². The van der Waals surface area contributed by atoms with Gasteiger partial charge in [-0.15, -0.1) is 48.0 Å². The smallest absolute Gasteiger partial charge is 0.226 e. The Hall–Kier alpha value is 0.320. The molecular formula is C36H72I2N4O2. The lowest BCUT2D eigenvalue weighted by molar-refractivity contribution is -0.139. The molecule has 6 nitrogen and oxygen atoms in total. The third-order valence-electron chi connectivity index (χ3n) is 9.89. The van der Waals surface area contributed by atoms with Crippen LogP contribution < -0.4 is 0 Å². The van der Waals surface area contributed by atoms with Gasteiger partial charge in [0.05, 0.1) is 11.8 Å². The van der Waals surface area contributed by atoms with Crippen LogP contribution in [0.1, 0.15) is 142 Å². The first-order chi connectivity index (χ1) is 20.5. The van der Waals surface area contributed by atoms with Crippen molar-refractivity contribution in [3.8, 4) is 0 Å². The third-order valence-corrected chi connectivity index (χ3v) is 9.89. The summed E-state index contributed by atoms with van der Waals surface area (Å²) in [4.78, 5) is 35.4. The summed E-state index contributed by atoms with van der Waals surface area (Å²) >= 11 is 0. The van der Waals surface area contributed by atoms with Gasteiger partial charge in [-0.1, -0.05) is 104 Å². The number of unbranched alkanes of at least 4 members (excludes halogenated alkanes) is 14. The third kappa shape index (κ3) is 19.2. The zero-order chi connectivity index (χ0) is 30.4. The van der Waals surface area contributed by atoms with Gasteiger partial charge in [-0.2, -0.15) is 0 Å². The fourth-order valence-electron chi connectivity index (χ4n) is 7.00. The second-order valence-electron chi connectivity index (χ2n) is 13.7. The predicted octanol–water partition coefficient (Wildman–Crippen LogP) is 8.84. The predicted molar refractivity (Wildman–Crippen MR) is 210 cm³/mol. The molecule has 2 aliphatic heterocycles. The monoisotopic (exact) mass is 846 g/mol. The number of likely N-dealkylation sites (tertiary alicyclic amines) is 2. The van der Waals surface area contributed by atoms with Crippen LogP contribution in [-0.4, -0.2) is 97.9 Å². The van der Waals surface area contributed by atoms with Crippen molar-refractivity contribution in [1.29, 1.82) is 0 Å². The minimum absolute atomic E-state index is 0. The molecule has 0 saturated carbocycles. The van der Waals surface area contributed by atoms with Gasteiger partial charge in [-0.25, -0.2) is 0 Å². The molecule has 0 aliphatic carbocycles. The van der Waals surface area contributed by atoms with Gasteiger partial charge in [0, 0.05) is 40.3 Å². The average molecular weight is 847 g/mol. The number of carbonyl (C=O) groups excluding carboxylic acids is 2. The highest BCUT2D eigenvalue weighted by molar-refractivity contribution is 14.0. The molecule has 8 heteroatoms. The molecule has 2 heterocycles. The molecule has 2 aliphatic rings. The topological polar surface area (TPSA) is 47.1 Å². The summed E-state index contributed by atoms with van der Waals surface area (Å²) in [6, 6.07) is 0. The van der Waals surface area contributed by atoms with E-state index in [0.29, 0.717) is 13.1 Å². The highest BCUT2D eigenvalue weighted by Crippen LogP contribution is 2.21. The van der Waals surface area contributed by atoms with E-state index in [4.69, 9.17) is 0 Å². The molecule has 2 rings (SSSR count). The van der Waals surface area contributed by atoms with Crippen LogP contribution in [0.25, 0.3) is 0 Å². The first kappa shape index (κ1) is 44.3. The molecule has 2 unspecified atom stereocenters. The lowest BCUT2D eigenvalue weighted by atomic mass is 9.96. The van der Waals surface area contributed by atoms with Gasteiger partial charge in [0.1, 0.15) is 0 Å². The van der Waals surface area contributed by atoms with Crippen LogP contribution in [0, 0.1) is 11.8 Å². The summed E-state index contributed by atoms with van der Waals surface area (Å²) < 4.78 is 0. The van der Waals surface area contributed by atoms with Gasteiger partial charge in [0.2, 0.25) is 11.8 Å². The van der Waals surface area contributed by atoms with Crippen molar-refractivity contribution in [2.75, 3.05) is 66.5 Å². The van der Waals surface area contributed by atoms with E-state index in [1.807, 2.05) is 23.9 Å². The fourth-order valence-corrected chi connectivity index (χ4v) is 7.00. The molecule has 0 radical (unpaired) electrons. The Bertz CT molecular complexity index is 656. The van der Waals surface area contributed by atoms with Crippen LogP contribution >= 0.6 is 48.0 Å². The van der Waals surface area contributed by atoms with E-state index in [2.05, 4.69) is 23.6 Å². The first-order valence-electron chi connectivity index (χ1n) is 18.4. The zero-order valence-corrected chi connectivity index (χ0v) is 34.0. The molecular weight excluding hydrogens is 774 g/mol. The fraction of sp³-hybridized carbons (Fsp3) is 0.944. The molecule has 2 amide bonds. The van der Waals surface area contributed by atoms with Gasteiger partial charge in [-0.05, 0) is 64.7 Å². The Kier molecular flexibility index (Phi) is 28.5. The molecule has 2 atom stereocenters. The molecule has 0 spiro atoms. The lowest BCUT2D eigenvalue weighted by Gasteiger charge is -2.35. The van der Waals surface area contributed by atoms with E-state index in [9.17, 15) is 9.59 Å². The molecule has 0 bridgehead atoms. The standard InChI is InChI=1S/C36H70N4O2.2HI/c1-5-7-9-11-13-15-17-19-25-39-27-21-23-33(31-39)35(41)37(3)29-30-38(4)36(42)34-24-22-28-40(32-34)26-20-18-16-14-12-10-8-6-2;;/h33-34H,5-32H2,1-4H3;2*1H. The van der Waals surface area contributed by atoms with Crippen molar-refractivity contribution in [3.05, 3.63) is 0 Å². The number of amides is 2. The highest BCUT2D eigenvalue weighted by Gasteiger charge is 2.30. The number of hydrogen-bond acceptors (Lipinski definition) is 4. The minimum Gasteiger partial charge on any atom is -0.344 e. The highest BCUT2D eigenvalue weighted by atomic mass is 127. The SMILES string of the molecule is CCCCCCCCCCN1CCCC(C(=O)N(C)CCN(C)C(=O)C2CCCN(CCCCCCCCCC)C2)C1.I.I. The number of halogens is 2. The van der Waals surface area contributed by atoms with E-state index in [1.54, 1.807) is 0 Å². The van der Waals surface area contributed by atoms with E-state index in [-0.39, 0.29) is 71.6 Å². The van der Waals surface area contributed by atoms with Gasteiger partial charge in [0.25, 0.3) is 0 Å². The van der Waals surface area contributed by atoms with E-state index >= 15 is 0 Å². The maximum absolute atomic E-state index is 13.3. The average Bonchev–Trinajstić information content (AvgIpc) is 3.01. The van der Waals surface area contributed by atoms with Crippen LogP contribution in [0.5, 0.6) is 0 Å². The maximum atomic E-state index is 13.3. The minimum atomic E-state index is 0. The Balaban J connectivity index is 0.00000924. The Morgan fingerprint density at radius 3 is 1.20 bits per heavy atom. The quantitative estimate of drug-likeness (QED) is 0.0763. The second-order valence-corrected chi connectivity index (χ2v) is 13.7. The van der Waals surface area contributed by atoms with Crippen molar-refractivity contribution < 1.29 is 9.59 Å². The van der Waals surface area contributed by atoms with Gasteiger partial charge < -0.3 is 19.6 Å². The summed E-state index contributed by atoms with van der Waals surface area (Å²) in [7, 11) is 3.87. The normalized spacial score (nSPS) is 19.2. The van der Waals surface area contributed by atoms with Crippen molar-refractivity contribution in [2.24, 2.45) is 11.8 Å². The molecule has 44 heavy (non-hydrogen) atoms. The number of likely N-dealkylation sites (N-methyl/N-ethyl adjacent to an activating group) is 2. The van der Waals surface area contributed by atoms with Gasteiger partial charge in [-0.3, -0.25) is 9.59 Å². The molecule has 2 fully saturated rings. The van der Waals surface area contributed by atoms with Crippen molar-refractivity contribution >= 4 is 59.8 Å². The maximum Gasteiger partial charge on any atom is 0.226 e. The number of carbonyl (C=O) groups is 2. The van der Waals surface area contributed by atoms with Crippen molar-refractivity contribution in [1.82, 2.24) is 19.6 Å². The van der Waals surface area contributed by atoms with Gasteiger partial charge in [0.15, 0.2) is 0 Å². The van der Waals surface area contributed by atoms with Crippen LogP contribution in [0.4, 0.5) is 0 Å². The molecule has 0 aromatic rings. The van der Waals surface area contributed by atoms with Crippen LogP contribution in [0.3, 0.4) is 0 Å². The van der Waals surface area contributed by atoms with Crippen molar-refractivity contribution in [3.63, 3.8) is 0 Å². The summed E-state index contributed by atoms with van der Waals surface area (Å²) in [5, 5.41) is 0. The first-order valence-corrected chi connectivity index (χ1v) is 18.4. The summed E-state index contributed by atoms with van der Waals surface area (Å²) in [5.74, 6) is 0.764.